The maximum absolute atomic E-state index is 13.5. The van der Waals surface area contributed by atoms with Crippen molar-refractivity contribution in [1.29, 1.82) is 0 Å². The Morgan fingerprint density at radius 1 is 0.906 bits per heavy atom. The lowest BCUT2D eigenvalue weighted by molar-refractivity contribution is -0.660. The largest absolute Gasteiger partial charge is 0.260 e. The Morgan fingerprint density at radius 2 is 1.69 bits per heavy atom. The average molecular weight is 422 g/mol. The second kappa shape index (κ2) is 7.09. The first kappa shape index (κ1) is 19.4. The zero-order valence-corrected chi connectivity index (χ0v) is 18.5. The summed E-state index contributed by atoms with van der Waals surface area (Å²) in [5.74, 6) is -0.208. The highest BCUT2D eigenvalue weighted by Gasteiger charge is 2.48. The third-order valence-corrected chi connectivity index (χ3v) is 7.48. The molecule has 2 aromatic carbocycles. The van der Waals surface area contributed by atoms with Gasteiger partial charge in [0.2, 0.25) is 5.69 Å². The van der Waals surface area contributed by atoms with E-state index in [4.69, 9.17) is 4.98 Å². The summed E-state index contributed by atoms with van der Waals surface area (Å²) in [7, 11) is 2.12. The molecule has 6 rings (SSSR count). The minimum absolute atomic E-state index is 0.00611. The average Bonchev–Trinajstić information content (AvgIpc) is 3.40. The molecule has 2 aliphatic rings. The normalized spacial score (nSPS) is 15.7. The van der Waals surface area contributed by atoms with Crippen molar-refractivity contribution in [2.75, 3.05) is 0 Å². The van der Waals surface area contributed by atoms with Gasteiger partial charge < -0.3 is 0 Å². The predicted molar refractivity (Wildman–Crippen MR) is 126 cm³/mol. The van der Waals surface area contributed by atoms with Crippen LogP contribution in [0.5, 0.6) is 0 Å². The van der Waals surface area contributed by atoms with Crippen LogP contribution in [0.3, 0.4) is 0 Å². The Labute approximate surface area is 188 Å². The summed E-state index contributed by atoms with van der Waals surface area (Å²) in [6, 6.07) is 20.0. The Balaban J connectivity index is 1.63. The molecule has 1 saturated carbocycles. The highest BCUT2D eigenvalue weighted by atomic mass is 19.1. The number of rotatable bonds is 2. The van der Waals surface area contributed by atoms with E-state index < -0.39 is 0 Å². The van der Waals surface area contributed by atoms with Gasteiger partial charge >= 0.3 is 0 Å². The van der Waals surface area contributed by atoms with Crippen LogP contribution >= 0.6 is 0 Å². The molecule has 0 saturated heterocycles. The Hall–Kier alpha value is -3.33. The van der Waals surface area contributed by atoms with E-state index in [9.17, 15) is 4.39 Å². The number of hydrogen-bond acceptors (Lipinski definition) is 1. The minimum atomic E-state index is -0.208. The maximum atomic E-state index is 13.5. The van der Waals surface area contributed by atoms with Crippen molar-refractivity contribution in [2.24, 2.45) is 7.05 Å². The zero-order valence-electron chi connectivity index (χ0n) is 18.5. The zero-order chi connectivity index (χ0) is 21.9. The maximum Gasteiger partial charge on any atom is 0.213 e. The van der Waals surface area contributed by atoms with Crippen LogP contribution < -0.4 is 4.57 Å². The van der Waals surface area contributed by atoms with Crippen LogP contribution in [0.15, 0.2) is 73.1 Å². The van der Waals surface area contributed by atoms with Crippen LogP contribution in [-0.4, -0.2) is 4.98 Å². The molecule has 1 spiro atoms. The molecule has 4 aromatic rings. The fourth-order valence-electron chi connectivity index (χ4n) is 5.99. The molecular weight excluding hydrogens is 395 g/mol. The van der Waals surface area contributed by atoms with Crippen LogP contribution in [0.25, 0.3) is 33.5 Å². The number of fused-ring (bicyclic) bond motifs is 5. The van der Waals surface area contributed by atoms with Crippen LogP contribution in [0, 0.1) is 12.7 Å². The lowest BCUT2D eigenvalue weighted by Gasteiger charge is -2.27. The molecule has 0 atom stereocenters. The van der Waals surface area contributed by atoms with Crippen LogP contribution in [0.2, 0.25) is 0 Å². The first-order valence-corrected chi connectivity index (χ1v) is 11.4. The first-order valence-electron chi connectivity index (χ1n) is 11.4. The number of aromatic nitrogens is 2. The van der Waals surface area contributed by atoms with Crippen LogP contribution in [-0.2, 0) is 12.5 Å². The Kier molecular flexibility index (Phi) is 4.29. The van der Waals surface area contributed by atoms with Gasteiger partial charge in [0.05, 0.1) is 11.3 Å². The number of aryl methyl sites for hydroxylation is 2. The standard InChI is InChI=1S/C29H26FN2/c1-19-7-12-23-24-6-5-16-31-28(24)29(14-3-4-15-29)27(23)26(19)25-18-21(13-17-32(25)2)20-8-10-22(30)11-9-20/h5-13,16-18H,3-4,14-15H2,1-2H3/q+1. The molecule has 2 aliphatic carbocycles. The summed E-state index contributed by atoms with van der Waals surface area (Å²) >= 11 is 0. The molecule has 0 N–H and O–H groups in total. The smallest absolute Gasteiger partial charge is 0.213 e. The minimum Gasteiger partial charge on any atom is -0.260 e. The number of halogens is 1. The molecular formula is C29H26FN2+. The van der Waals surface area contributed by atoms with Crippen molar-refractivity contribution < 1.29 is 8.96 Å². The first-order chi connectivity index (χ1) is 15.6. The van der Waals surface area contributed by atoms with Gasteiger partial charge in [0.25, 0.3) is 0 Å². The van der Waals surface area contributed by atoms with Crippen molar-refractivity contribution in [3.05, 3.63) is 95.7 Å². The van der Waals surface area contributed by atoms with Gasteiger partial charge in [0.1, 0.15) is 12.9 Å². The van der Waals surface area contributed by atoms with Crippen molar-refractivity contribution in [3.63, 3.8) is 0 Å². The van der Waals surface area contributed by atoms with Gasteiger partial charge in [-0.2, -0.15) is 0 Å². The van der Waals surface area contributed by atoms with Crippen molar-refractivity contribution >= 4 is 0 Å². The van der Waals surface area contributed by atoms with E-state index in [-0.39, 0.29) is 11.2 Å². The number of nitrogens with zero attached hydrogens (tertiary/aromatic N) is 2. The number of pyridine rings is 2. The summed E-state index contributed by atoms with van der Waals surface area (Å²) in [5.41, 5.74) is 11.3. The molecule has 0 bridgehead atoms. The topological polar surface area (TPSA) is 16.8 Å². The molecule has 2 heterocycles. The number of hydrogen-bond donors (Lipinski definition) is 0. The summed E-state index contributed by atoms with van der Waals surface area (Å²) in [6.07, 6.45) is 8.86. The van der Waals surface area contributed by atoms with Gasteiger partial charge in [0, 0.05) is 29.3 Å². The monoisotopic (exact) mass is 421 g/mol. The van der Waals surface area contributed by atoms with E-state index in [0.29, 0.717) is 0 Å². The molecule has 2 aromatic heterocycles. The summed E-state index contributed by atoms with van der Waals surface area (Å²) in [6.45, 7) is 2.22. The highest BCUT2D eigenvalue weighted by Crippen LogP contribution is 2.58. The fourth-order valence-corrected chi connectivity index (χ4v) is 5.99. The van der Waals surface area contributed by atoms with E-state index in [1.807, 2.05) is 18.3 Å². The summed E-state index contributed by atoms with van der Waals surface area (Å²) in [5, 5.41) is 0. The third-order valence-electron chi connectivity index (χ3n) is 7.48. The second-order valence-corrected chi connectivity index (χ2v) is 9.29. The van der Waals surface area contributed by atoms with E-state index in [1.165, 1.54) is 64.2 Å². The van der Waals surface area contributed by atoms with E-state index in [2.05, 4.69) is 61.1 Å². The van der Waals surface area contributed by atoms with Gasteiger partial charge in [-0.15, -0.1) is 0 Å². The Bertz CT molecular complexity index is 1350. The SMILES string of the molecule is Cc1ccc2c(c1-c1cc(-c3ccc(F)cc3)cc[n+]1C)C1(CCCC1)c1ncccc1-2. The predicted octanol–water partition coefficient (Wildman–Crippen LogP) is 6.53. The van der Waals surface area contributed by atoms with Gasteiger partial charge in [-0.3, -0.25) is 4.98 Å². The molecule has 2 nitrogen and oxygen atoms in total. The van der Waals surface area contributed by atoms with Gasteiger partial charge in [0.15, 0.2) is 6.20 Å². The molecule has 3 heteroatoms. The summed E-state index contributed by atoms with van der Waals surface area (Å²) < 4.78 is 15.7. The molecule has 0 aliphatic heterocycles. The van der Waals surface area contributed by atoms with Gasteiger partial charge in [-0.1, -0.05) is 43.2 Å². The van der Waals surface area contributed by atoms with E-state index in [1.54, 1.807) is 0 Å². The van der Waals surface area contributed by atoms with Crippen LogP contribution in [0.4, 0.5) is 4.39 Å². The van der Waals surface area contributed by atoms with Crippen molar-refractivity contribution in [3.8, 4) is 33.5 Å². The fraction of sp³-hybridized carbons (Fsp3) is 0.241. The highest BCUT2D eigenvalue weighted by molar-refractivity contribution is 5.88. The molecule has 32 heavy (non-hydrogen) atoms. The summed E-state index contributed by atoms with van der Waals surface area (Å²) in [4.78, 5) is 4.93. The molecule has 158 valence electrons. The second-order valence-electron chi connectivity index (χ2n) is 9.29. The van der Waals surface area contributed by atoms with Crippen LogP contribution in [0.1, 0.15) is 42.5 Å². The Morgan fingerprint density at radius 3 is 2.47 bits per heavy atom. The van der Waals surface area contributed by atoms with E-state index >= 15 is 0 Å². The number of benzene rings is 2. The lowest BCUT2D eigenvalue weighted by Crippen LogP contribution is -2.32. The third kappa shape index (κ3) is 2.70. The molecule has 0 amide bonds. The van der Waals surface area contributed by atoms with Gasteiger partial charge in [-0.25, -0.2) is 8.96 Å². The molecule has 1 fully saturated rings. The van der Waals surface area contributed by atoms with Gasteiger partial charge in [-0.05, 0) is 65.8 Å². The quantitative estimate of drug-likeness (QED) is 0.336. The van der Waals surface area contributed by atoms with Crippen molar-refractivity contribution in [1.82, 2.24) is 4.98 Å². The molecule has 0 unspecified atom stereocenters. The van der Waals surface area contributed by atoms with Crippen molar-refractivity contribution in [2.45, 2.75) is 38.0 Å². The molecule has 0 radical (unpaired) electrons. The lowest BCUT2D eigenvalue weighted by atomic mass is 9.75. The van der Waals surface area contributed by atoms with E-state index in [0.717, 1.165) is 24.0 Å².